The fourth-order valence-electron chi connectivity index (χ4n) is 3.28. The maximum Gasteiger partial charge on any atom is 0.227 e. The number of benzene rings is 1. The third-order valence-corrected chi connectivity index (χ3v) is 7.19. The van der Waals surface area contributed by atoms with E-state index in [1.165, 1.54) is 21.9 Å². The lowest BCUT2D eigenvalue weighted by molar-refractivity contribution is -0.120. The van der Waals surface area contributed by atoms with Crippen LogP contribution in [0.5, 0.6) is 0 Å². The fourth-order valence-corrected chi connectivity index (χ4v) is 5.07. The predicted molar refractivity (Wildman–Crippen MR) is 111 cm³/mol. The SMILES string of the molecule is CS(=O)(=O)N1CCC(C(=O)Nc2ccc(-c3nc4cccnc4s3)cc2)CC1. The highest BCUT2D eigenvalue weighted by molar-refractivity contribution is 7.88. The third kappa shape index (κ3) is 4.06. The molecule has 146 valence electrons. The van der Waals surface area contributed by atoms with Crippen molar-refractivity contribution in [2.24, 2.45) is 5.92 Å². The number of anilines is 1. The number of fused-ring (bicyclic) bond motifs is 1. The van der Waals surface area contributed by atoms with Crippen molar-refractivity contribution >= 4 is 43.3 Å². The molecule has 0 unspecified atom stereocenters. The van der Waals surface area contributed by atoms with E-state index in [2.05, 4.69) is 15.3 Å². The van der Waals surface area contributed by atoms with Crippen molar-refractivity contribution in [3.63, 3.8) is 0 Å². The van der Waals surface area contributed by atoms with Gasteiger partial charge < -0.3 is 5.32 Å². The maximum absolute atomic E-state index is 12.5. The van der Waals surface area contributed by atoms with Crippen LogP contribution in [0.15, 0.2) is 42.6 Å². The molecule has 1 aromatic carbocycles. The Morgan fingerprint density at radius 2 is 1.89 bits per heavy atom. The average molecular weight is 417 g/mol. The van der Waals surface area contributed by atoms with Crippen LogP contribution in [0, 0.1) is 5.92 Å². The van der Waals surface area contributed by atoms with Crippen LogP contribution in [-0.4, -0.2) is 47.9 Å². The first kappa shape index (κ1) is 19.0. The summed E-state index contributed by atoms with van der Waals surface area (Å²) >= 11 is 1.53. The highest BCUT2D eigenvalue weighted by Crippen LogP contribution is 2.29. The summed E-state index contributed by atoms with van der Waals surface area (Å²) in [5.41, 5.74) is 2.57. The molecule has 0 bridgehead atoms. The van der Waals surface area contributed by atoms with Gasteiger partial charge in [-0.05, 0) is 49.2 Å². The number of carbonyl (C=O) groups is 1. The number of pyridine rings is 1. The molecule has 1 saturated heterocycles. The van der Waals surface area contributed by atoms with Gasteiger partial charge >= 0.3 is 0 Å². The molecule has 1 amide bonds. The molecule has 1 aliphatic heterocycles. The van der Waals surface area contributed by atoms with Gasteiger partial charge in [0, 0.05) is 36.5 Å². The number of rotatable bonds is 4. The summed E-state index contributed by atoms with van der Waals surface area (Å²) in [6.45, 7) is 0.781. The van der Waals surface area contributed by atoms with Crippen LogP contribution in [0.25, 0.3) is 20.9 Å². The van der Waals surface area contributed by atoms with Crippen molar-refractivity contribution in [3.05, 3.63) is 42.6 Å². The number of aromatic nitrogens is 2. The van der Waals surface area contributed by atoms with E-state index in [0.717, 1.165) is 26.6 Å². The smallest absolute Gasteiger partial charge is 0.227 e. The largest absolute Gasteiger partial charge is 0.326 e. The molecule has 1 N–H and O–H groups in total. The van der Waals surface area contributed by atoms with E-state index in [1.807, 2.05) is 36.4 Å². The Bertz CT molecular complexity index is 1070. The normalized spacial score (nSPS) is 16.3. The molecule has 28 heavy (non-hydrogen) atoms. The predicted octanol–water partition coefficient (Wildman–Crippen LogP) is 2.97. The summed E-state index contributed by atoms with van der Waals surface area (Å²) in [5, 5.41) is 3.82. The van der Waals surface area contributed by atoms with Gasteiger partial charge in [0.25, 0.3) is 0 Å². The summed E-state index contributed by atoms with van der Waals surface area (Å²) in [7, 11) is -3.18. The summed E-state index contributed by atoms with van der Waals surface area (Å²) in [6.07, 6.45) is 4.03. The van der Waals surface area contributed by atoms with E-state index < -0.39 is 10.0 Å². The van der Waals surface area contributed by atoms with Gasteiger partial charge in [-0.15, -0.1) is 0 Å². The summed E-state index contributed by atoms with van der Waals surface area (Å²) in [6, 6.07) is 11.4. The van der Waals surface area contributed by atoms with Gasteiger partial charge in [0.1, 0.15) is 15.4 Å². The van der Waals surface area contributed by atoms with E-state index in [-0.39, 0.29) is 11.8 Å². The molecule has 0 radical (unpaired) electrons. The molecule has 0 aliphatic carbocycles. The van der Waals surface area contributed by atoms with Gasteiger partial charge in [-0.3, -0.25) is 4.79 Å². The lowest BCUT2D eigenvalue weighted by Crippen LogP contribution is -2.40. The number of nitrogens with zero attached hydrogens (tertiary/aromatic N) is 3. The van der Waals surface area contributed by atoms with Crippen molar-refractivity contribution in [3.8, 4) is 10.6 Å². The van der Waals surface area contributed by atoms with Crippen LogP contribution in [0.4, 0.5) is 5.69 Å². The number of amides is 1. The monoisotopic (exact) mass is 416 g/mol. The molecule has 4 rings (SSSR count). The van der Waals surface area contributed by atoms with Crippen molar-refractivity contribution in [2.75, 3.05) is 24.7 Å². The van der Waals surface area contributed by atoms with Crippen molar-refractivity contribution in [1.82, 2.24) is 14.3 Å². The van der Waals surface area contributed by atoms with Gasteiger partial charge in [0.05, 0.1) is 6.26 Å². The Morgan fingerprint density at radius 3 is 2.54 bits per heavy atom. The van der Waals surface area contributed by atoms with E-state index in [1.54, 1.807) is 6.20 Å². The molecule has 9 heteroatoms. The first-order valence-corrected chi connectivity index (χ1v) is 11.6. The number of piperidine rings is 1. The van der Waals surface area contributed by atoms with E-state index in [0.29, 0.717) is 25.9 Å². The zero-order valence-electron chi connectivity index (χ0n) is 15.3. The molecule has 3 aromatic rings. The fraction of sp³-hybridized carbons (Fsp3) is 0.316. The molecular formula is C19H20N4O3S2. The minimum atomic E-state index is -3.18. The quantitative estimate of drug-likeness (QED) is 0.706. The molecule has 1 aliphatic rings. The Kier molecular flexibility index (Phi) is 5.13. The average Bonchev–Trinajstić information content (AvgIpc) is 3.12. The lowest BCUT2D eigenvalue weighted by Gasteiger charge is -2.29. The van der Waals surface area contributed by atoms with Crippen LogP contribution >= 0.6 is 11.3 Å². The summed E-state index contributed by atoms with van der Waals surface area (Å²) < 4.78 is 24.6. The zero-order chi connectivity index (χ0) is 19.7. The van der Waals surface area contributed by atoms with Crippen molar-refractivity contribution in [1.29, 1.82) is 0 Å². The van der Waals surface area contributed by atoms with Gasteiger partial charge in [-0.2, -0.15) is 0 Å². The second-order valence-corrected chi connectivity index (χ2v) is 9.81. The Hall–Kier alpha value is -2.36. The zero-order valence-corrected chi connectivity index (χ0v) is 17.0. The van der Waals surface area contributed by atoms with Crippen molar-refractivity contribution < 1.29 is 13.2 Å². The number of hydrogen-bond donors (Lipinski definition) is 1. The minimum absolute atomic E-state index is 0.0647. The third-order valence-electron chi connectivity index (χ3n) is 4.86. The Balaban J connectivity index is 1.40. The van der Waals surface area contributed by atoms with Crippen LogP contribution in [-0.2, 0) is 14.8 Å². The molecule has 0 spiro atoms. The highest BCUT2D eigenvalue weighted by atomic mass is 32.2. The van der Waals surface area contributed by atoms with E-state index >= 15 is 0 Å². The summed E-state index contributed by atoms with van der Waals surface area (Å²) in [5.74, 6) is -0.238. The topological polar surface area (TPSA) is 92.3 Å². The second-order valence-electron chi connectivity index (χ2n) is 6.85. The number of sulfonamides is 1. The molecule has 1 fully saturated rings. The van der Waals surface area contributed by atoms with Crippen LogP contribution in [0.2, 0.25) is 0 Å². The molecule has 0 atom stereocenters. The first-order chi connectivity index (χ1) is 13.4. The standard InChI is InChI=1S/C19H20N4O3S2/c1-28(25,26)23-11-8-13(9-12-23)17(24)21-15-6-4-14(5-7-15)18-22-16-3-2-10-20-19(16)27-18/h2-7,10,13H,8-9,11-12H2,1H3,(H,21,24). The second kappa shape index (κ2) is 7.57. The molecular weight excluding hydrogens is 396 g/mol. The van der Waals surface area contributed by atoms with Gasteiger partial charge in [0.2, 0.25) is 15.9 Å². The van der Waals surface area contributed by atoms with Gasteiger partial charge in [0.15, 0.2) is 0 Å². The number of hydrogen-bond acceptors (Lipinski definition) is 6. The number of thiazole rings is 1. The number of nitrogens with one attached hydrogen (secondary N) is 1. The van der Waals surface area contributed by atoms with Crippen LogP contribution in [0.1, 0.15) is 12.8 Å². The van der Waals surface area contributed by atoms with Crippen LogP contribution < -0.4 is 5.32 Å². The van der Waals surface area contributed by atoms with E-state index in [4.69, 9.17) is 0 Å². The van der Waals surface area contributed by atoms with E-state index in [9.17, 15) is 13.2 Å². The molecule has 7 nitrogen and oxygen atoms in total. The van der Waals surface area contributed by atoms with Gasteiger partial charge in [-0.25, -0.2) is 22.7 Å². The molecule has 2 aromatic heterocycles. The summed E-state index contributed by atoms with van der Waals surface area (Å²) in [4.78, 5) is 22.3. The highest BCUT2D eigenvalue weighted by Gasteiger charge is 2.28. The van der Waals surface area contributed by atoms with Gasteiger partial charge in [-0.1, -0.05) is 11.3 Å². The van der Waals surface area contributed by atoms with Crippen LogP contribution in [0.3, 0.4) is 0 Å². The first-order valence-electron chi connectivity index (χ1n) is 8.98. The maximum atomic E-state index is 12.5. The number of carbonyl (C=O) groups excluding carboxylic acids is 1. The van der Waals surface area contributed by atoms with Crippen molar-refractivity contribution in [2.45, 2.75) is 12.8 Å². The Morgan fingerprint density at radius 1 is 1.18 bits per heavy atom. The molecule has 0 saturated carbocycles. The minimum Gasteiger partial charge on any atom is -0.326 e. The lowest BCUT2D eigenvalue weighted by atomic mass is 9.97. The Labute approximate surface area is 167 Å². The molecule has 3 heterocycles.